The van der Waals surface area contributed by atoms with Crippen molar-refractivity contribution in [2.24, 2.45) is 5.73 Å². The molecule has 0 atom stereocenters. The molecule has 0 spiro atoms. The molecule has 0 saturated carbocycles. The minimum Gasteiger partial charge on any atom is -0.335 e. The molecule has 1 amide bonds. The molecular formula is C14H22N2O. The SMILES string of the molecule is Cc1cc(C)cc(C(=O)N(C)C(C)(C)CN)c1. The summed E-state index contributed by atoms with van der Waals surface area (Å²) in [5.41, 5.74) is 8.30. The molecule has 3 heteroatoms. The van der Waals surface area contributed by atoms with Crippen LogP contribution in [-0.2, 0) is 0 Å². The Morgan fingerprint density at radius 2 is 1.71 bits per heavy atom. The molecule has 3 nitrogen and oxygen atoms in total. The van der Waals surface area contributed by atoms with E-state index in [1.54, 1.807) is 11.9 Å². The lowest BCUT2D eigenvalue weighted by molar-refractivity contribution is 0.0640. The number of aryl methyl sites for hydroxylation is 2. The van der Waals surface area contributed by atoms with Crippen LogP contribution >= 0.6 is 0 Å². The lowest BCUT2D eigenvalue weighted by Gasteiger charge is -2.34. The predicted octanol–water partition coefficient (Wildman–Crippen LogP) is 2.11. The Balaban J connectivity index is 3.04. The van der Waals surface area contributed by atoms with Gasteiger partial charge in [-0.25, -0.2) is 0 Å². The lowest BCUT2D eigenvalue weighted by Crippen LogP contribution is -2.50. The number of likely N-dealkylation sites (N-methyl/N-ethyl adjacent to an activating group) is 1. The van der Waals surface area contributed by atoms with Gasteiger partial charge in [0, 0.05) is 24.7 Å². The second-order valence-corrected chi connectivity index (χ2v) is 5.26. The standard InChI is InChI=1S/C14H22N2O/c1-10-6-11(2)8-12(7-10)13(17)16(5)14(3,4)9-15/h6-8H,9,15H2,1-5H3. The number of rotatable bonds is 3. The molecular weight excluding hydrogens is 212 g/mol. The summed E-state index contributed by atoms with van der Waals surface area (Å²) in [4.78, 5) is 14.0. The van der Waals surface area contributed by atoms with Gasteiger partial charge in [-0.05, 0) is 39.8 Å². The van der Waals surface area contributed by atoms with Crippen molar-refractivity contribution < 1.29 is 4.79 Å². The van der Waals surface area contributed by atoms with E-state index >= 15 is 0 Å². The van der Waals surface area contributed by atoms with E-state index in [-0.39, 0.29) is 11.4 Å². The average molecular weight is 234 g/mol. The van der Waals surface area contributed by atoms with E-state index in [2.05, 4.69) is 6.07 Å². The molecule has 1 aromatic carbocycles. The Bertz CT molecular complexity index is 404. The lowest BCUT2D eigenvalue weighted by atomic mass is 10.0. The van der Waals surface area contributed by atoms with Crippen LogP contribution in [0.4, 0.5) is 0 Å². The number of nitrogens with zero attached hydrogens (tertiary/aromatic N) is 1. The highest BCUT2D eigenvalue weighted by molar-refractivity contribution is 5.95. The van der Waals surface area contributed by atoms with Gasteiger partial charge in [-0.3, -0.25) is 4.79 Å². The topological polar surface area (TPSA) is 46.3 Å². The summed E-state index contributed by atoms with van der Waals surface area (Å²) in [6.45, 7) is 8.37. The first-order valence-corrected chi connectivity index (χ1v) is 5.84. The van der Waals surface area contributed by atoms with Crippen molar-refractivity contribution in [2.75, 3.05) is 13.6 Å². The number of hydrogen-bond acceptors (Lipinski definition) is 2. The summed E-state index contributed by atoms with van der Waals surface area (Å²) in [6.07, 6.45) is 0. The Morgan fingerprint density at radius 1 is 1.24 bits per heavy atom. The van der Waals surface area contributed by atoms with E-state index in [1.807, 2.05) is 39.8 Å². The Kier molecular flexibility index (Phi) is 3.94. The summed E-state index contributed by atoms with van der Waals surface area (Å²) in [5.74, 6) is 0.0206. The van der Waals surface area contributed by atoms with E-state index in [9.17, 15) is 4.79 Å². The van der Waals surface area contributed by atoms with Gasteiger partial charge in [0.2, 0.25) is 0 Å². The second kappa shape index (κ2) is 4.88. The Hall–Kier alpha value is -1.35. The molecule has 0 aliphatic rings. The van der Waals surface area contributed by atoms with E-state index < -0.39 is 0 Å². The maximum absolute atomic E-state index is 12.3. The van der Waals surface area contributed by atoms with Crippen LogP contribution in [0.1, 0.15) is 35.3 Å². The summed E-state index contributed by atoms with van der Waals surface area (Å²) in [7, 11) is 1.80. The van der Waals surface area contributed by atoms with Crippen LogP contribution in [-0.4, -0.2) is 29.9 Å². The molecule has 0 aliphatic carbocycles. The van der Waals surface area contributed by atoms with Crippen LogP contribution in [0, 0.1) is 13.8 Å². The zero-order chi connectivity index (χ0) is 13.2. The first kappa shape index (κ1) is 13.7. The van der Waals surface area contributed by atoms with E-state index in [4.69, 9.17) is 5.73 Å². The maximum Gasteiger partial charge on any atom is 0.254 e. The van der Waals surface area contributed by atoms with Crippen LogP contribution in [0.25, 0.3) is 0 Å². The molecule has 0 aromatic heterocycles. The first-order valence-electron chi connectivity index (χ1n) is 5.84. The maximum atomic E-state index is 12.3. The van der Waals surface area contributed by atoms with E-state index in [0.29, 0.717) is 6.54 Å². The number of nitrogens with two attached hydrogens (primary N) is 1. The molecule has 1 rings (SSSR count). The molecule has 1 aromatic rings. The van der Waals surface area contributed by atoms with Crippen molar-refractivity contribution in [3.05, 3.63) is 34.9 Å². The van der Waals surface area contributed by atoms with Crippen LogP contribution in [0.2, 0.25) is 0 Å². The van der Waals surface area contributed by atoms with Gasteiger partial charge in [0.15, 0.2) is 0 Å². The van der Waals surface area contributed by atoms with Gasteiger partial charge in [-0.15, -0.1) is 0 Å². The van der Waals surface area contributed by atoms with Crippen molar-refractivity contribution >= 4 is 5.91 Å². The summed E-state index contributed by atoms with van der Waals surface area (Å²) < 4.78 is 0. The minimum absolute atomic E-state index is 0.0206. The third-order valence-electron chi connectivity index (χ3n) is 3.18. The van der Waals surface area contributed by atoms with Crippen molar-refractivity contribution in [1.82, 2.24) is 4.90 Å². The number of hydrogen-bond donors (Lipinski definition) is 1. The molecule has 0 radical (unpaired) electrons. The highest BCUT2D eigenvalue weighted by Gasteiger charge is 2.26. The number of amides is 1. The van der Waals surface area contributed by atoms with Crippen molar-refractivity contribution in [1.29, 1.82) is 0 Å². The Labute approximate surface area is 104 Å². The predicted molar refractivity (Wildman–Crippen MR) is 71.1 cm³/mol. The summed E-state index contributed by atoms with van der Waals surface area (Å²) in [5, 5.41) is 0. The van der Waals surface area contributed by atoms with Gasteiger partial charge in [-0.2, -0.15) is 0 Å². The van der Waals surface area contributed by atoms with Crippen molar-refractivity contribution in [3.8, 4) is 0 Å². The zero-order valence-electron chi connectivity index (χ0n) is 11.4. The molecule has 0 bridgehead atoms. The van der Waals surface area contributed by atoms with Gasteiger partial charge in [0.1, 0.15) is 0 Å². The first-order chi connectivity index (χ1) is 7.77. The number of benzene rings is 1. The summed E-state index contributed by atoms with van der Waals surface area (Å²) >= 11 is 0. The molecule has 0 fully saturated rings. The highest BCUT2D eigenvalue weighted by Crippen LogP contribution is 2.16. The van der Waals surface area contributed by atoms with Crippen molar-refractivity contribution in [2.45, 2.75) is 33.2 Å². The van der Waals surface area contributed by atoms with Gasteiger partial charge >= 0.3 is 0 Å². The third-order valence-corrected chi connectivity index (χ3v) is 3.18. The van der Waals surface area contributed by atoms with Crippen LogP contribution in [0.3, 0.4) is 0 Å². The average Bonchev–Trinajstić information content (AvgIpc) is 2.25. The van der Waals surface area contributed by atoms with Gasteiger partial charge in [-0.1, -0.05) is 17.2 Å². The number of carbonyl (C=O) groups is 1. The zero-order valence-corrected chi connectivity index (χ0v) is 11.4. The van der Waals surface area contributed by atoms with Gasteiger partial charge in [0.05, 0.1) is 0 Å². The minimum atomic E-state index is -0.325. The molecule has 17 heavy (non-hydrogen) atoms. The fraction of sp³-hybridized carbons (Fsp3) is 0.500. The van der Waals surface area contributed by atoms with Gasteiger partial charge < -0.3 is 10.6 Å². The molecule has 0 saturated heterocycles. The van der Waals surface area contributed by atoms with Crippen molar-refractivity contribution in [3.63, 3.8) is 0 Å². The fourth-order valence-corrected chi connectivity index (χ4v) is 1.70. The quantitative estimate of drug-likeness (QED) is 0.870. The monoisotopic (exact) mass is 234 g/mol. The smallest absolute Gasteiger partial charge is 0.254 e. The van der Waals surface area contributed by atoms with Crippen LogP contribution < -0.4 is 5.73 Å². The van der Waals surface area contributed by atoms with Crippen LogP contribution in [0.5, 0.6) is 0 Å². The molecule has 0 aliphatic heterocycles. The molecule has 94 valence electrons. The highest BCUT2D eigenvalue weighted by atomic mass is 16.2. The van der Waals surface area contributed by atoms with Crippen LogP contribution in [0.15, 0.2) is 18.2 Å². The third kappa shape index (κ3) is 3.07. The van der Waals surface area contributed by atoms with E-state index in [1.165, 1.54) is 0 Å². The van der Waals surface area contributed by atoms with Gasteiger partial charge in [0.25, 0.3) is 5.91 Å². The normalized spacial score (nSPS) is 11.4. The second-order valence-electron chi connectivity index (χ2n) is 5.26. The Morgan fingerprint density at radius 3 is 2.12 bits per heavy atom. The molecule has 0 unspecified atom stereocenters. The fourth-order valence-electron chi connectivity index (χ4n) is 1.70. The molecule has 2 N–H and O–H groups in total. The van der Waals surface area contributed by atoms with E-state index in [0.717, 1.165) is 16.7 Å². The summed E-state index contributed by atoms with van der Waals surface area (Å²) in [6, 6.07) is 5.89. The molecule has 0 heterocycles. The number of carbonyl (C=O) groups excluding carboxylic acids is 1. The largest absolute Gasteiger partial charge is 0.335 e.